The van der Waals surface area contributed by atoms with E-state index >= 15 is 0 Å². The van der Waals surface area contributed by atoms with Crippen LogP contribution in [-0.4, -0.2) is 44.6 Å². The van der Waals surface area contributed by atoms with Gasteiger partial charge in [-0.25, -0.2) is 9.50 Å². The summed E-state index contributed by atoms with van der Waals surface area (Å²) >= 11 is 0. The molecular weight excluding hydrogens is 244 g/mol. The van der Waals surface area contributed by atoms with Crippen molar-refractivity contribution in [3.05, 3.63) is 23.8 Å². The predicted octanol–water partition coefficient (Wildman–Crippen LogP) is -0.0855. The number of piperidine rings is 1. The number of aryl methyl sites for hydroxylation is 1. The van der Waals surface area contributed by atoms with Crippen molar-refractivity contribution in [2.45, 2.75) is 25.8 Å². The van der Waals surface area contributed by atoms with Gasteiger partial charge in [-0.2, -0.15) is 4.98 Å². The minimum absolute atomic E-state index is 0.155. The average Bonchev–Trinajstić information content (AvgIpc) is 2.85. The quantitative estimate of drug-likeness (QED) is 0.788. The maximum absolute atomic E-state index is 12.1. The van der Waals surface area contributed by atoms with Crippen LogP contribution in [0.2, 0.25) is 0 Å². The van der Waals surface area contributed by atoms with Crippen LogP contribution >= 0.6 is 0 Å². The van der Waals surface area contributed by atoms with Crippen molar-refractivity contribution in [2.24, 2.45) is 0 Å². The van der Waals surface area contributed by atoms with Gasteiger partial charge in [-0.1, -0.05) is 0 Å². The summed E-state index contributed by atoms with van der Waals surface area (Å²) in [5.74, 6) is 0.387. The Labute approximate surface area is 110 Å². The summed E-state index contributed by atoms with van der Waals surface area (Å²) in [5.41, 5.74) is 0.899. The topological polar surface area (TPSA) is 84.2 Å². The van der Waals surface area contributed by atoms with Crippen molar-refractivity contribution in [3.8, 4) is 0 Å². The highest BCUT2D eigenvalue weighted by Crippen LogP contribution is 2.04. The highest BCUT2D eigenvalue weighted by Gasteiger charge is 2.19. The van der Waals surface area contributed by atoms with Gasteiger partial charge in [0.15, 0.2) is 0 Å². The van der Waals surface area contributed by atoms with Crippen molar-refractivity contribution in [1.82, 2.24) is 30.2 Å². The molecule has 1 fully saturated rings. The molecule has 7 heteroatoms. The summed E-state index contributed by atoms with van der Waals surface area (Å²) in [7, 11) is 0. The van der Waals surface area contributed by atoms with Crippen molar-refractivity contribution >= 4 is 11.7 Å². The molecule has 1 unspecified atom stereocenters. The molecule has 0 bridgehead atoms. The van der Waals surface area contributed by atoms with Gasteiger partial charge in [0, 0.05) is 24.5 Å². The van der Waals surface area contributed by atoms with Crippen molar-refractivity contribution in [1.29, 1.82) is 0 Å². The Hall–Kier alpha value is -2.02. The lowest BCUT2D eigenvalue weighted by Gasteiger charge is -2.23. The zero-order chi connectivity index (χ0) is 13.2. The van der Waals surface area contributed by atoms with E-state index in [0.29, 0.717) is 5.78 Å². The molecule has 0 aliphatic carbocycles. The van der Waals surface area contributed by atoms with Gasteiger partial charge in [0.1, 0.15) is 0 Å². The fourth-order valence-electron chi connectivity index (χ4n) is 2.23. The first-order chi connectivity index (χ1) is 9.24. The lowest BCUT2D eigenvalue weighted by atomic mass is 10.1. The van der Waals surface area contributed by atoms with Crippen LogP contribution in [-0.2, 0) is 0 Å². The first-order valence-electron chi connectivity index (χ1n) is 6.44. The van der Waals surface area contributed by atoms with Crippen LogP contribution in [0.25, 0.3) is 5.78 Å². The zero-order valence-corrected chi connectivity index (χ0v) is 10.8. The Morgan fingerprint density at radius 2 is 2.47 bits per heavy atom. The third-order valence-electron chi connectivity index (χ3n) is 3.27. The van der Waals surface area contributed by atoms with Gasteiger partial charge >= 0.3 is 0 Å². The number of rotatable bonds is 2. The van der Waals surface area contributed by atoms with E-state index in [1.165, 1.54) is 0 Å². The molecule has 1 aliphatic rings. The molecule has 2 aromatic heterocycles. The normalized spacial score (nSPS) is 19.5. The van der Waals surface area contributed by atoms with Gasteiger partial charge in [0.2, 0.25) is 5.82 Å². The third-order valence-corrected chi connectivity index (χ3v) is 3.27. The second kappa shape index (κ2) is 4.93. The highest BCUT2D eigenvalue weighted by molar-refractivity contribution is 5.91. The number of fused-ring (bicyclic) bond motifs is 1. The van der Waals surface area contributed by atoms with E-state index in [9.17, 15) is 4.79 Å². The molecule has 3 heterocycles. The fraction of sp³-hybridized carbons (Fsp3) is 0.500. The van der Waals surface area contributed by atoms with E-state index in [1.54, 1.807) is 10.7 Å². The smallest absolute Gasteiger partial charge is 0.291 e. The minimum atomic E-state index is -0.237. The zero-order valence-electron chi connectivity index (χ0n) is 10.8. The predicted molar refractivity (Wildman–Crippen MR) is 68.9 cm³/mol. The van der Waals surface area contributed by atoms with Crippen LogP contribution in [0.4, 0.5) is 0 Å². The van der Waals surface area contributed by atoms with E-state index in [-0.39, 0.29) is 17.8 Å². The van der Waals surface area contributed by atoms with Crippen molar-refractivity contribution in [2.75, 3.05) is 13.1 Å². The summed E-state index contributed by atoms with van der Waals surface area (Å²) in [6.45, 7) is 3.72. The number of aromatic nitrogens is 4. The number of nitrogens with zero attached hydrogens (tertiary/aromatic N) is 4. The van der Waals surface area contributed by atoms with Crippen molar-refractivity contribution in [3.63, 3.8) is 0 Å². The lowest BCUT2D eigenvalue weighted by Crippen LogP contribution is -2.45. The maximum atomic E-state index is 12.1. The van der Waals surface area contributed by atoms with Crippen LogP contribution in [0, 0.1) is 6.92 Å². The SMILES string of the molecule is Cc1ccnc2nc(C(=O)NC3CCCNC3)nn12. The molecule has 2 aromatic rings. The van der Waals surface area contributed by atoms with Crippen LogP contribution in [0.5, 0.6) is 0 Å². The molecular formula is C12H16N6O. The molecule has 0 saturated carbocycles. The molecule has 0 radical (unpaired) electrons. The third kappa shape index (κ3) is 2.41. The molecule has 2 N–H and O–H groups in total. The first-order valence-corrected chi connectivity index (χ1v) is 6.44. The first kappa shape index (κ1) is 12.0. The molecule has 1 saturated heterocycles. The molecule has 0 spiro atoms. The van der Waals surface area contributed by atoms with E-state index in [0.717, 1.165) is 31.6 Å². The Bertz CT molecular complexity index is 601. The van der Waals surface area contributed by atoms with Gasteiger partial charge in [-0.05, 0) is 32.4 Å². The molecule has 0 aromatic carbocycles. The Kier molecular flexibility index (Phi) is 3.12. The van der Waals surface area contributed by atoms with E-state index in [1.807, 2.05) is 13.0 Å². The summed E-state index contributed by atoms with van der Waals surface area (Å²) in [5, 5.41) is 10.4. The Morgan fingerprint density at radius 1 is 1.58 bits per heavy atom. The number of carbonyl (C=O) groups excluding carboxylic acids is 1. The molecule has 1 amide bonds. The molecule has 19 heavy (non-hydrogen) atoms. The maximum Gasteiger partial charge on any atom is 0.291 e. The highest BCUT2D eigenvalue weighted by atomic mass is 16.2. The monoisotopic (exact) mass is 260 g/mol. The summed E-state index contributed by atoms with van der Waals surface area (Å²) in [6.07, 6.45) is 3.72. The lowest BCUT2D eigenvalue weighted by molar-refractivity contribution is 0.0920. The fourth-order valence-corrected chi connectivity index (χ4v) is 2.23. The van der Waals surface area contributed by atoms with Crippen molar-refractivity contribution < 1.29 is 4.79 Å². The molecule has 3 rings (SSSR count). The van der Waals surface area contributed by atoms with Gasteiger partial charge in [-0.3, -0.25) is 4.79 Å². The van der Waals surface area contributed by atoms with Crippen LogP contribution in [0.15, 0.2) is 12.3 Å². The molecule has 7 nitrogen and oxygen atoms in total. The largest absolute Gasteiger partial charge is 0.345 e. The molecule has 1 aliphatic heterocycles. The van der Waals surface area contributed by atoms with Crippen LogP contribution < -0.4 is 10.6 Å². The number of carbonyl (C=O) groups is 1. The van der Waals surface area contributed by atoms with E-state index in [2.05, 4.69) is 25.7 Å². The average molecular weight is 260 g/mol. The standard InChI is InChI=1S/C12H16N6O/c1-8-4-6-14-12-16-10(17-18(8)12)11(19)15-9-3-2-5-13-7-9/h4,6,9,13H,2-3,5,7H2,1H3,(H,15,19). The number of hydrogen-bond acceptors (Lipinski definition) is 5. The van der Waals surface area contributed by atoms with E-state index in [4.69, 9.17) is 0 Å². The number of hydrogen-bond donors (Lipinski definition) is 2. The van der Waals surface area contributed by atoms with E-state index < -0.39 is 0 Å². The second-order valence-electron chi connectivity index (χ2n) is 4.75. The Balaban J connectivity index is 1.79. The van der Waals surface area contributed by atoms with Crippen LogP contribution in [0.1, 0.15) is 29.2 Å². The van der Waals surface area contributed by atoms with Gasteiger partial charge in [0.25, 0.3) is 11.7 Å². The van der Waals surface area contributed by atoms with Gasteiger partial charge < -0.3 is 10.6 Å². The van der Waals surface area contributed by atoms with Gasteiger partial charge in [0.05, 0.1) is 0 Å². The molecule has 100 valence electrons. The number of amides is 1. The summed E-state index contributed by atoms with van der Waals surface area (Å²) < 4.78 is 1.58. The van der Waals surface area contributed by atoms with Gasteiger partial charge in [-0.15, -0.1) is 5.10 Å². The second-order valence-corrected chi connectivity index (χ2v) is 4.75. The van der Waals surface area contributed by atoms with Crippen LogP contribution in [0.3, 0.4) is 0 Å². The summed E-state index contributed by atoms with van der Waals surface area (Å²) in [4.78, 5) is 20.3. The Morgan fingerprint density at radius 3 is 3.21 bits per heavy atom. The molecule has 1 atom stereocenters. The number of nitrogens with one attached hydrogen (secondary N) is 2. The summed E-state index contributed by atoms with van der Waals surface area (Å²) in [6, 6.07) is 1.98. The minimum Gasteiger partial charge on any atom is -0.345 e.